The Morgan fingerprint density at radius 2 is 1.81 bits per heavy atom. The van der Waals surface area contributed by atoms with Gasteiger partial charge in [-0.05, 0) is 42.0 Å². The van der Waals surface area contributed by atoms with Gasteiger partial charge in [-0.1, -0.05) is 30.3 Å². The molecule has 4 heterocycles. The predicted octanol–water partition coefficient (Wildman–Crippen LogP) is 5.64. The van der Waals surface area contributed by atoms with Gasteiger partial charge in [-0.2, -0.15) is 0 Å². The molecule has 0 saturated carbocycles. The predicted molar refractivity (Wildman–Crippen MR) is 148 cm³/mol. The molecule has 0 atom stereocenters. The van der Waals surface area contributed by atoms with Crippen LogP contribution in [0, 0.1) is 0 Å². The number of hydrogen-bond donors (Lipinski definition) is 0. The smallest absolute Gasteiger partial charge is 0.194 e. The molecule has 1 fully saturated rings. The van der Waals surface area contributed by atoms with Crippen LogP contribution in [-0.2, 0) is 17.8 Å². The molecule has 188 valence electrons. The van der Waals surface area contributed by atoms with Gasteiger partial charge in [0.2, 0.25) is 0 Å². The molecule has 7 nitrogen and oxygen atoms in total. The Morgan fingerprint density at radius 1 is 1.00 bits per heavy atom. The van der Waals surface area contributed by atoms with Crippen LogP contribution < -0.4 is 9.64 Å². The molecule has 2 aromatic carbocycles. The molecule has 0 spiro atoms. The zero-order valence-corrected chi connectivity index (χ0v) is 21.6. The van der Waals surface area contributed by atoms with Crippen LogP contribution in [0.25, 0.3) is 16.2 Å². The Balaban J connectivity index is 1.37. The van der Waals surface area contributed by atoms with Crippen LogP contribution in [0.4, 0.5) is 11.5 Å². The standard InChI is InChI=1S/C29H29N5O2S/c1-35-25-11-9-22(10-12-25)18-33(23-6-3-2-4-7-23)28-26(8-5-13-30-28)27-20-34-24(21-37-29(34)31-27)19-32-14-16-36-17-15-32/h2-13,20-21H,14-19H2,1H3. The average molecular weight is 512 g/mol. The third kappa shape index (κ3) is 5.09. The summed E-state index contributed by atoms with van der Waals surface area (Å²) >= 11 is 1.68. The van der Waals surface area contributed by atoms with Crippen molar-refractivity contribution in [2.24, 2.45) is 0 Å². The van der Waals surface area contributed by atoms with Gasteiger partial charge in [0, 0.05) is 60.9 Å². The van der Waals surface area contributed by atoms with Crippen molar-refractivity contribution in [2.75, 3.05) is 38.3 Å². The van der Waals surface area contributed by atoms with E-state index < -0.39 is 0 Å². The lowest BCUT2D eigenvalue weighted by Gasteiger charge is -2.26. The van der Waals surface area contributed by atoms with E-state index in [2.05, 4.69) is 68.2 Å². The number of aromatic nitrogens is 3. The van der Waals surface area contributed by atoms with Crippen molar-refractivity contribution < 1.29 is 9.47 Å². The fraction of sp³-hybridized carbons (Fsp3) is 0.241. The number of thiazole rings is 1. The summed E-state index contributed by atoms with van der Waals surface area (Å²) < 4.78 is 13.1. The van der Waals surface area contributed by atoms with E-state index in [1.807, 2.05) is 30.5 Å². The lowest BCUT2D eigenvalue weighted by Crippen LogP contribution is -2.35. The maximum Gasteiger partial charge on any atom is 0.194 e. The number of pyridine rings is 1. The van der Waals surface area contributed by atoms with Crippen LogP contribution in [0.1, 0.15) is 11.3 Å². The van der Waals surface area contributed by atoms with Gasteiger partial charge in [-0.3, -0.25) is 9.30 Å². The first kappa shape index (κ1) is 23.7. The highest BCUT2D eigenvalue weighted by Crippen LogP contribution is 2.35. The van der Waals surface area contributed by atoms with Crippen molar-refractivity contribution in [3.05, 3.63) is 95.8 Å². The molecule has 0 amide bonds. The largest absolute Gasteiger partial charge is 0.497 e. The molecule has 1 saturated heterocycles. The van der Waals surface area contributed by atoms with E-state index >= 15 is 0 Å². The summed E-state index contributed by atoms with van der Waals surface area (Å²) in [4.78, 5) is 15.6. The molecule has 1 aliphatic rings. The zero-order chi connectivity index (χ0) is 25.0. The number of ether oxygens (including phenoxy) is 2. The molecule has 0 N–H and O–H groups in total. The molecule has 6 rings (SSSR count). The lowest BCUT2D eigenvalue weighted by molar-refractivity contribution is 0.0336. The Morgan fingerprint density at radius 3 is 2.59 bits per heavy atom. The summed E-state index contributed by atoms with van der Waals surface area (Å²) in [5, 5.41) is 2.21. The van der Waals surface area contributed by atoms with Crippen molar-refractivity contribution in [2.45, 2.75) is 13.1 Å². The molecule has 0 aliphatic carbocycles. The first-order valence-corrected chi connectivity index (χ1v) is 13.3. The minimum Gasteiger partial charge on any atom is -0.497 e. The third-order valence-corrected chi connectivity index (χ3v) is 7.55. The Labute approximate surface area is 220 Å². The average Bonchev–Trinajstić information content (AvgIpc) is 3.55. The van der Waals surface area contributed by atoms with Gasteiger partial charge < -0.3 is 14.4 Å². The maximum atomic E-state index is 5.52. The van der Waals surface area contributed by atoms with Crippen molar-refractivity contribution in [3.63, 3.8) is 0 Å². The summed E-state index contributed by atoms with van der Waals surface area (Å²) in [6, 6.07) is 22.7. The summed E-state index contributed by atoms with van der Waals surface area (Å²) in [5.74, 6) is 1.73. The molecule has 3 aromatic heterocycles. The minimum atomic E-state index is 0.669. The fourth-order valence-electron chi connectivity index (χ4n) is 4.68. The lowest BCUT2D eigenvalue weighted by atomic mass is 10.1. The van der Waals surface area contributed by atoms with Crippen molar-refractivity contribution >= 4 is 27.8 Å². The van der Waals surface area contributed by atoms with Gasteiger partial charge in [0.05, 0.1) is 26.0 Å². The van der Waals surface area contributed by atoms with Crippen LogP contribution in [0.5, 0.6) is 5.75 Å². The first-order valence-electron chi connectivity index (χ1n) is 12.4. The van der Waals surface area contributed by atoms with Gasteiger partial charge in [0.15, 0.2) is 4.96 Å². The van der Waals surface area contributed by atoms with E-state index in [-0.39, 0.29) is 0 Å². The van der Waals surface area contributed by atoms with Crippen LogP contribution in [-0.4, -0.2) is 52.7 Å². The Bertz CT molecular complexity index is 1460. The van der Waals surface area contributed by atoms with Crippen molar-refractivity contribution in [3.8, 4) is 17.0 Å². The molecule has 0 bridgehead atoms. The number of nitrogens with zero attached hydrogens (tertiary/aromatic N) is 5. The molecule has 0 radical (unpaired) electrons. The number of anilines is 2. The summed E-state index contributed by atoms with van der Waals surface area (Å²) in [7, 11) is 1.69. The normalized spacial score (nSPS) is 14.2. The highest BCUT2D eigenvalue weighted by Gasteiger charge is 2.20. The fourth-order valence-corrected chi connectivity index (χ4v) is 5.55. The van der Waals surface area contributed by atoms with Gasteiger partial charge in [-0.25, -0.2) is 9.97 Å². The van der Waals surface area contributed by atoms with Gasteiger partial charge in [-0.15, -0.1) is 11.3 Å². The minimum absolute atomic E-state index is 0.669. The highest BCUT2D eigenvalue weighted by atomic mass is 32.1. The highest BCUT2D eigenvalue weighted by molar-refractivity contribution is 7.15. The number of morpholine rings is 1. The molecule has 8 heteroatoms. The zero-order valence-electron chi connectivity index (χ0n) is 20.8. The van der Waals surface area contributed by atoms with Gasteiger partial charge in [0.1, 0.15) is 11.6 Å². The van der Waals surface area contributed by atoms with Crippen LogP contribution in [0.15, 0.2) is 84.5 Å². The monoisotopic (exact) mass is 511 g/mol. The molecule has 1 aliphatic heterocycles. The maximum absolute atomic E-state index is 5.52. The second kappa shape index (κ2) is 10.7. The van der Waals surface area contributed by atoms with Crippen LogP contribution in [0.3, 0.4) is 0 Å². The number of methoxy groups -OCH3 is 1. The Kier molecular flexibility index (Phi) is 6.86. The van der Waals surface area contributed by atoms with Crippen molar-refractivity contribution in [1.82, 2.24) is 19.3 Å². The second-order valence-corrected chi connectivity index (χ2v) is 9.88. The SMILES string of the molecule is COc1ccc(CN(c2ccccc2)c2ncccc2-c2cn3c(CN4CCOCC4)csc3n2)cc1. The van der Waals surface area contributed by atoms with Gasteiger partial charge in [0.25, 0.3) is 0 Å². The third-order valence-electron chi connectivity index (χ3n) is 6.66. The second-order valence-electron chi connectivity index (χ2n) is 9.04. The number of rotatable bonds is 8. The van der Waals surface area contributed by atoms with Crippen LogP contribution >= 0.6 is 11.3 Å². The molecular weight excluding hydrogens is 482 g/mol. The van der Waals surface area contributed by atoms with Gasteiger partial charge >= 0.3 is 0 Å². The molecule has 37 heavy (non-hydrogen) atoms. The number of fused-ring (bicyclic) bond motifs is 1. The number of benzene rings is 2. The van der Waals surface area contributed by atoms with E-state index in [0.29, 0.717) is 6.54 Å². The van der Waals surface area contributed by atoms with E-state index in [9.17, 15) is 0 Å². The van der Waals surface area contributed by atoms with E-state index in [1.54, 1.807) is 18.4 Å². The summed E-state index contributed by atoms with van der Waals surface area (Å²) in [6.45, 7) is 5.08. The number of imidazole rings is 1. The van der Waals surface area contributed by atoms with E-state index in [0.717, 1.165) is 66.3 Å². The Hall–Kier alpha value is -3.72. The quantitative estimate of drug-likeness (QED) is 0.269. The topological polar surface area (TPSA) is 55.1 Å². The summed E-state index contributed by atoms with van der Waals surface area (Å²) in [6.07, 6.45) is 4.00. The first-order chi connectivity index (χ1) is 18.3. The molecular formula is C29H29N5O2S. The van der Waals surface area contributed by atoms with Crippen molar-refractivity contribution in [1.29, 1.82) is 0 Å². The summed E-state index contributed by atoms with van der Waals surface area (Å²) in [5.41, 5.74) is 5.43. The molecule has 5 aromatic rings. The van der Waals surface area contributed by atoms with Crippen LogP contribution in [0.2, 0.25) is 0 Å². The number of hydrogen-bond acceptors (Lipinski definition) is 7. The molecule has 0 unspecified atom stereocenters. The van der Waals surface area contributed by atoms with E-state index in [1.165, 1.54) is 11.3 Å². The van der Waals surface area contributed by atoms with E-state index in [4.69, 9.17) is 19.4 Å². The number of para-hydroxylation sites is 1.